The number of benzene rings is 2. The highest BCUT2D eigenvalue weighted by atomic mass is 32.1. The van der Waals surface area contributed by atoms with Gasteiger partial charge in [0.15, 0.2) is 4.96 Å². The number of nitrogens with one attached hydrogen (secondary N) is 1. The number of piperidine rings is 1. The van der Waals surface area contributed by atoms with E-state index < -0.39 is 0 Å². The average Bonchev–Trinajstić information content (AvgIpc) is 3.57. The van der Waals surface area contributed by atoms with Crippen LogP contribution in [-0.4, -0.2) is 45.5 Å². The molecule has 9 heteroatoms. The Labute approximate surface area is 218 Å². The van der Waals surface area contributed by atoms with Crippen molar-refractivity contribution in [2.45, 2.75) is 12.8 Å². The second-order valence-electron chi connectivity index (χ2n) is 9.06. The number of nitrogens with zero attached hydrogens (tertiary/aromatic N) is 5. The Kier molecular flexibility index (Phi) is 6.28. The first-order valence-electron chi connectivity index (χ1n) is 12.2. The molecule has 4 heterocycles. The highest BCUT2D eigenvalue weighted by Gasteiger charge is 2.27. The number of thiazole rings is 1. The standard InChI is InChI=1S/C28H26N6O2S/c1-36-23-9-7-19(8-10-23)24-15-26(30-18-29-24)33-11-3-5-21(16-33)27(35)31-22-6-2-4-20(14-22)25-17-34-12-13-37-28(34)32-25/h2,4,6-10,12-15,17-18,21H,3,5,11,16H2,1H3,(H,31,35). The number of hydrogen-bond donors (Lipinski definition) is 1. The van der Waals surface area contributed by atoms with Gasteiger partial charge in [0.1, 0.15) is 17.9 Å². The molecule has 1 N–H and O–H groups in total. The maximum absolute atomic E-state index is 13.2. The van der Waals surface area contributed by atoms with Gasteiger partial charge >= 0.3 is 0 Å². The van der Waals surface area contributed by atoms with Crippen molar-refractivity contribution in [1.29, 1.82) is 0 Å². The van der Waals surface area contributed by atoms with Crippen molar-refractivity contribution in [3.8, 4) is 28.3 Å². The minimum Gasteiger partial charge on any atom is -0.497 e. The first kappa shape index (κ1) is 23.2. The zero-order valence-electron chi connectivity index (χ0n) is 20.4. The molecule has 37 heavy (non-hydrogen) atoms. The second-order valence-corrected chi connectivity index (χ2v) is 9.94. The zero-order valence-corrected chi connectivity index (χ0v) is 21.2. The summed E-state index contributed by atoms with van der Waals surface area (Å²) >= 11 is 1.60. The molecular weight excluding hydrogens is 484 g/mol. The van der Waals surface area contributed by atoms with Crippen LogP contribution in [0.5, 0.6) is 5.75 Å². The van der Waals surface area contributed by atoms with Crippen molar-refractivity contribution >= 4 is 33.7 Å². The molecule has 6 rings (SSSR count). The molecule has 0 radical (unpaired) electrons. The Bertz CT molecular complexity index is 1520. The molecule has 8 nitrogen and oxygen atoms in total. The predicted octanol–water partition coefficient (Wildman–Crippen LogP) is 5.38. The van der Waals surface area contributed by atoms with E-state index in [0.717, 1.165) is 64.1 Å². The first-order valence-corrected chi connectivity index (χ1v) is 13.1. The van der Waals surface area contributed by atoms with Crippen molar-refractivity contribution in [3.05, 3.63) is 78.7 Å². The maximum Gasteiger partial charge on any atom is 0.229 e. The number of hydrogen-bond acceptors (Lipinski definition) is 7. The Morgan fingerprint density at radius 1 is 1.08 bits per heavy atom. The molecule has 3 aromatic heterocycles. The van der Waals surface area contributed by atoms with Gasteiger partial charge in [-0.2, -0.15) is 0 Å². The topological polar surface area (TPSA) is 84.7 Å². The van der Waals surface area contributed by atoms with E-state index in [1.165, 1.54) is 0 Å². The van der Waals surface area contributed by atoms with Gasteiger partial charge in [-0.15, -0.1) is 11.3 Å². The fraction of sp³-hybridized carbons (Fsp3) is 0.214. The maximum atomic E-state index is 13.2. The van der Waals surface area contributed by atoms with Gasteiger partial charge in [-0.25, -0.2) is 15.0 Å². The van der Waals surface area contributed by atoms with Crippen LogP contribution in [0.1, 0.15) is 12.8 Å². The van der Waals surface area contributed by atoms with E-state index in [0.29, 0.717) is 6.54 Å². The van der Waals surface area contributed by atoms with Crippen molar-refractivity contribution in [3.63, 3.8) is 0 Å². The number of amides is 1. The smallest absolute Gasteiger partial charge is 0.229 e. The summed E-state index contributed by atoms with van der Waals surface area (Å²) in [5, 5.41) is 5.14. The van der Waals surface area contributed by atoms with Crippen LogP contribution in [0.4, 0.5) is 11.5 Å². The van der Waals surface area contributed by atoms with E-state index in [-0.39, 0.29) is 11.8 Å². The largest absolute Gasteiger partial charge is 0.497 e. The number of aromatic nitrogens is 4. The van der Waals surface area contributed by atoms with Crippen LogP contribution in [-0.2, 0) is 4.79 Å². The SMILES string of the molecule is COc1ccc(-c2cc(N3CCCC(C(=O)Nc4cccc(-c5cn6ccsc6n5)c4)C3)ncn2)cc1. The average molecular weight is 511 g/mol. The number of imidazole rings is 1. The van der Waals surface area contributed by atoms with Gasteiger partial charge in [0.25, 0.3) is 0 Å². The fourth-order valence-electron chi connectivity index (χ4n) is 4.71. The van der Waals surface area contributed by atoms with Crippen LogP contribution in [0.15, 0.2) is 78.7 Å². The third kappa shape index (κ3) is 4.90. The molecule has 2 aromatic carbocycles. The monoisotopic (exact) mass is 510 g/mol. The van der Waals surface area contributed by atoms with Crippen molar-refractivity contribution in [2.75, 3.05) is 30.4 Å². The molecule has 1 unspecified atom stereocenters. The van der Waals surface area contributed by atoms with E-state index in [1.54, 1.807) is 24.8 Å². The normalized spacial score (nSPS) is 15.6. The van der Waals surface area contributed by atoms with Gasteiger partial charge in [-0.05, 0) is 49.2 Å². The summed E-state index contributed by atoms with van der Waals surface area (Å²) in [4.78, 5) is 30.0. The summed E-state index contributed by atoms with van der Waals surface area (Å²) in [5.74, 6) is 1.53. The molecule has 1 saturated heterocycles. The molecule has 1 aliphatic heterocycles. The quantitative estimate of drug-likeness (QED) is 0.330. The Morgan fingerprint density at radius 3 is 2.81 bits per heavy atom. The molecule has 1 amide bonds. The lowest BCUT2D eigenvalue weighted by Crippen LogP contribution is -2.41. The van der Waals surface area contributed by atoms with Gasteiger partial charge in [0, 0.05) is 53.7 Å². The van der Waals surface area contributed by atoms with Crippen molar-refractivity contribution in [2.24, 2.45) is 5.92 Å². The number of carbonyl (C=O) groups is 1. The number of rotatable bonds is 6. The number of methoxy groups -OCH3 is 1. The Balaban J connectivity index is 1.15. The van der Waals surface area contributed by atoms with Crippen LogP contribution in [0, 0.1) is 5.92 Å². The summed E-state index contributed by atoms with van der Waals surface area (Å²) in [6, 6.07) is 17.7. The lowest BCUT2D eigenvalue weighted by atomic mass is 9.96. The molecular formula is C28H26N6O2S. The van der Waals surface area contributed by atoms with E-state index in [1.807, 2.05) is 76.8 Å². The van der Waals surface area contributed by atoms with E-state index >= 15 is 0 Å². The van der Waals surface area contributed by atoms with Gasteiger partial charge in [0.2, 0.25) is 5.91 Å². The van der Waals surface area contributed by atoms with E-state index in [2.05, 4.69) is 25.2 Å². The Morgan fingerprint density at radius 2 is 1.97 bits per heavy atom. The highest BCUT2D eigenvalue weighted by Crippen LogP contribution is 2.28. The molecule has 186 valence electrons. The lowest BCUT2D eigenvalue weighted by Gasteiger charge is -2.33. The fourth-order valence-corrected chi connectivity index (χ4v) is 5.41. The number of fused-ring (bicyclic) bond motifs is 1. The number of carbonyl (C=O) groups excluding carboxylic acids is 1. The van der Waals surface area contributed by atoms with Gasteiger partial charge in [0.05, 0.1) is 24.4 Å². The molecule has 5 aromatic rings. The lowest BCUT2D eigenvalue weighted by molar-refractivity contribution is -0.120. The summed E-state index contributed by atoms with van der Waals surface area (Å²) in [7, 11) is 1.65. The third-order valence-corrected chi connectivity index (χ3v) is 7.44. The van der Waals surface area contributed by atoms with Gasteiger partial charge in [-0.3, -0.25) is 9.20 Å². The molecule has 1 atom stereocenters. The summed E-state index contributed by atoms with van der Waals surface area (Å²) in [6.45, 7) is 1.47. The second kappa shape index (κ2) is 10.0. The summed E-state index contributed by atoms with van der Waals surface area (Å²) in [6.07, 6.45) is 7.35. The predicted molar refractivity (Wildman–Crippen MR) is 146 cm³/mol. The summed E-state index contributed by atoms with van der Waals surface area (Å²) < 4.78 is 7.27. The van der Waals surface area contributed by atoms with Crippen LogP contribution < -0.4 is 15.0 Å². The van der Waals surface area contributed by atoms with Crippen molar-refractivity contribution in [1.82, 2.24) is 19.4 Å². The van der Waals surface area contributed by atoms with E-state index in [9.17, 15) is 4.79 Å². The molecule has 0 aliphatic carbocycles. The van der Waals surface area contributed by atoms with Gasteiger partial charge < -0.3 is 15.0 Å². The van der Waals surface area contributed by atoms with E-state index in [4.69, 9.17) is 4.74 Å². The van der Waals surface area contributed by atoms with Crippen LogP contribution >= 0.6 is 11.3 Å². The minimum atomic E-state index is -0.130. The molecule has 0 spiro atoms. The minimum absolute atomic E-state index is 0.0251. The van der Waals surface area contributed by atoms with Gasteiger partial charge in [-0.1, -0.05) is 12.1 Å². The first-order chi connectivity index (χ1) is 18.2. The summed E-state index contributed by atoms with van der Waals surface area (Å²) in [5.41, 5.74) is 4.48. The zero-order chi connectivity index (χ0) is 25.2. The molecule has 1 aliphatic rings. The van der Waals surface area contributed by atoms with Crippen LogP contribution in [0.2, 0.25) is 0 Å². The molecule has 0 saturated carbocycles. The van der Waals surface area contributed by atoms with Crippen molar-refractivity contribution < 1.29 is 9.53 Å². The number of anilines is 2. The van der Waals surface area contributed by atoms with Crippen LogP contribution in [0.25, 0.3) is 27.5 Å². The third-order valence-electron chi connectivity index (χ3n) is 6.67. The van der Waals surface area contributed by atoms with Crippen LogP contribution in [0.3, 0.4) is 0 Å². The highest BCUT2D eigenvalue weighted by molar-refractivity contribution is 7.15. The molecule has 1 fully saturated rings. The number of ether oxygens (including phenoxy) is 1. The molecule has 0 bridgehead atoms. The Hall–Kier alpha value is -4.24.